The van der Waals surface area contributed by atoms with Crippen LogP contribution in [0, 0.1) is 10.1 Å². The number of rotatable bonds is 9. The third-order valence-electron chi connectivity index (χ3n) is 7.40. The smallest absolute Gasteiger partial charge is 0.328 e. The third kappa shape index (κ3) is 5.45. The number of nitro groups is 1. The zero-order valence-corrected chi connectivity index (χ0v) is 23.9. The van der Waals surface area contributed by atoms with Crippen molar-refractivity contribution in [2.24, 2.45) is 7.05 Å². The van der Waals surface area contributed by atoms with E-state index in [2.05, 4.69) is 25.9 Å². The Morgan fingerprint density at radius 3 is 2.66 bits per heavy atom. The van der Waals surface area contributed by atoms with Gasteiger partial charge in [-0.1, -0.05) is 36.4 Å². The van der Waals surface area contributed by atoms with Gasteiger partial charge in [-0.05, 0) is 23.8 Å². The van der Waals surface area contributed by atoms with Crippen LogP contribution in [0.3, 0.4) is 0 Å². The summed E-state index contributed by atoms with van der Waals surface area (Å²) in [5.74, 6) is 0.249. The number of anilines is 4. The number of aryl methyl sites for hydroxylation is 1. The van der Waals surface area contributed by atoms with Crippen LogP contribution in [0.25, 0.3) is 22.2 Å². The van der Waals surface area contributed by atoms with Crippen molar-refractivity contribution in [2.75, 3.05) is 29.2 Å². The number of hydrogen-bond acceptors (Lipinski definition) is 9. The van der Waals surface area contributed by atoms with E-state index in [1.54, 1.807) is 18.3 Å². The van der Waals surface area contributed by atoms with Gasteiger partial charge in [-0.3, -0.25) is 25.1 Å². The van der Waals surface area contributed by atoms with E-state index in [4.69, 9.17) is 4.74 Å². The maximum Gasteiger partial charge on any atom is 0.328 e. The van der Waals surface area contributed by atoms with E-state index in [0.29, 0.717) is 28.4 Å². The topological polar surface area (TPSA) is 157 Å². The second kappa shape index (κ2) is 11.7. The van der Waals surface area contributed by atoms with E-state index in [9.17, 15) is 19.7 Å². The number of carbonyl (C=O) groups excluding carboxylic acids is 2. The van der Waals surface area contributed by atoms with Crippen molar-refractivity contribution in [3.63, 3.8) is 0 Å². The summed E-state index contributed by atoms with van der Waals surface area (Å²) in [5.41, 5.74) is 4.33. The van der Waals surface area contributed by atoms with Crippen molar-refractivity contribution in [1.29, 1.82) is 0 Å². The minimum atomic E-state index is -0.511. The number of methoxy groups -OCH3 is 1. The number of imide groups is 1. The fourth-order valence-electron chi connectivity index (χ4n) is 5.27. The van der Waals surface area contributed by atoms with Crippen molar-refractivity contribution < 1.29 is 19.2 Å². The molecule has 1 saturated heterocycles. The van der Waals surface area contributed by atoms with Gasteiger partial charge in [-0.2, -0.15) is 0 Å². The highest BCUT2D eigenvalue weighted by Gasteiger charge is 2.26. The van der Waals surface area contributed by atoms with Gasteiger partial charge in [-0.15, -0.1) is 0 Å². The molecule has 0 saturated carbocycles. The van der Waals surface area contributed by atoms with Crippen LogP contribution in [-0.4, -0.2) is 45.1 Å². The van der Waals surface area contributed by atoms with E-state index in [-0.39, 0.29) is 42.7 Å². The molecule has 6 rings (SSSR count). The Hall–Kier alpha value is -5.98. The number of nitrogens with zero attached hydrogens (tertiary/aromatic N) is 5. The van der Waals surface area contributed by atoms with Crippen molar-refractivity contribution in [2.45, 2.75) is 13.0 Å². The maximum atomic E-state index is 12.5. The highest BCUT2D eigenvalue weighted by atomic mass is 16.6. The monoisotopic (exact) mass is 592 g/mol. The first-order valence-electron chi connectivity index (χ1n) is 13.8. The second-order valence-corrected chi connectivity index (χ2v) is 10.1. The number of amides is 3. The first-order chi connectivity index (χ1) is 21.3. The normalized spacial score (nSPS) is 13.1. The van der Waals surface area contributed by atoms with Crippen molar-refractivity contribution >= 4 is 51.5 Å². The number of fused-ring (bicyclic) bond motifs is 1. The molecule has 3 amide bonds. The average Bonchev–Trinajstić information content (AvgIpc) is 3.37. The molecule has 13 nitrogen and oxygen atoms in total. The quantitative estimate of drug-likeness (QED) is 0.152. The SMILES string of the molecule is COc1cc(NCc2ccccc2N2CCC(=O)NC2=O)c([N+](=O)[O-])cc1Nc1nccc(-c2cn(C)c3ccccc23)n1. The molecule has 0 bridgehead atoms. The Balaban J connectivity index is 1.27. The van der Waals surface area contributed by atoms with Crippen LogP contribution in [0.5, 0.6) is 5.75 Å². The lowest BCUT2D eigenvalue weighted by Crippen LogP contribution is -2.49. The predicted molar refractivity (Wildman–Crippen MR) is 166 cm³/mol. The second-order valence-electron chi connectivity index (χ2n) is 10.1. The van der Waals surface area contributed by atoms with E-state index >= 15 is 0 Å². The molecule has 44 heavy (non-hydrogen) atoms. The number of carbonyl (C=O) groups is 2. The van der Waals surface area contributed by atoms with Crippen LogP contribution < -0.4 is 25.6 Å². The first kappa shape index (κ1) is 28.2. The lowest BCUT2D eigenvalue weighted by atomic mass is 10.1. The lowest BCUT2D eigenvalue weighted by molar-refractivity contribution is -0.383. The van der Waals surface area contributed by atoms with Crippen LogP contribution >= 0.6 is 0 Å². The fourth-order valence-corrected chi connectivity index (χ4v) is 5.27. The van der Waals surface area contributed by atoms with Gasteiger partial charge in [0.25, 0.3) is 5.69 Å². The molecule has 222 valence electrons. The predicted octanol–water partition coefficient (Wildman–Crippen LogP) is 5.35. The van der Waals surface area contributed by atoms with E-state index in [1.807, 2.05) is 60.3 Å². The van der Waals surface area contributed by atoms with Gasteiger partial charge in [-0.25, -0.2) is 14.8 Å². The summed E-state index contributed by atoms with van der Waals surface area (Å²) in [6.45, 7) is 0.403. The van der Waals surface area contributed by atoms with Crippen molar-refractivity contribution in [3.05, 3.63) is 94.8 Å². The van der Waals surface area contributed by atoms with Crippen molar-refractivity contribution in [3.8, 4) is 17.0 Å². The molecule has 1 aliphatic rings. The number of nitrogens with one attached hydrogen (secondary N) is 3. The fraction of sp³-hybridized carbons (Fsp3) is 0.161. The largest absolute Gasteiger partial charge is 0.494 e. The number of ether oxygens (including phenoxy) is 1. The molecule has 1 fully saturated rings. The molecule has 1 aliphatic heterocycles. The van der Waals surface area contributed by atoms with Crippen molar-refractivity contribution in [1.82, 2.24) is 19.9 Å². The maximum absolute atomic E-state index is 12.5. The molecule has 0 spiro atoms. The molecule has 3 aromatic carbocycles. The first-order valence-corrected chi connectivity index (χ1v) is 13.8. The molecule has 3 N–H and O–H groups in total. The minimum absolute atomic E-state index is 0.168. The number of nitro benzene ring substituents is 1. The summed E-state index contributed by atoms with van der Waals surface area (Å²) in [6, 6.07) is 19.4. The van der Waals surface area contributed by atoms with Crippen LogP contribution in [-0.2, 0) is 18.4 Å². The molecule has 0 aliphatic carbocycles. The van der Waals surface area contributed by atoms with Crippen LogP contribution in [0.1, 0.15) is 12.0 Å². The summed E-state index contributed by atoms with van der Waals surface area (Å²) in [5, 5.41) is 21.7. The zero-order valence-electron chi connectivity index (χ0n) is 23.9. The van der Waals surface area contributed by atoms with Gasteiger partial charge in [0, 0.05) is 67.6 Å². The molecule has 13 heteroatoms. The van der Waals surface area contributed by atoms with E-state index in [0.717, 1.165) is 16.5 Å². The Morgan fingerprint density at radius 2 is 1.86 bits per heavy atom. The molecular formula is C31H28N8O5. The number of hydrogen-bond donors (Lipinski definition) is 3. The lowest BCUT2D eigenvalue weighted by Gasteiger charge is -2.28. The Bertz CT molecular complexity index is 1920. The molecule has 0 radical (unpaired) electrons. The van der Waals surface area contributed by atoms with Gasteiger partial charge < -0.3 is 19.9 Å². The summed E-state index contributed by atoms with van der Waals surface area (Å²) >= 11 is 0. The van der Waals surface area contributed by atoms with Gasteiger partial charge in [0.15, 0.2) is 0 Å². The zero-order chi connectivity index (χ0) is 30.8. The Labute approximate surface area is 251 Å². The van der Waals surface area contributed by atoms with Gasteiger partial charge in [0.2, 0.25) is 11.9 Å². The molecule has 0 atom stereocenters. The summed E-state index contributed by atoms with van der Waals surface area (Å²) in [7, 11) is 3.44. The summed E-state index contributed by atoms with van der Waals surface area (Å²) in [6.07, 6.45) is 3.80. The Kier molecular flexibility index (Phi) is 7.50. The average molecular weight is 593 g/mol. The van der Waals surface area contributed by atoms with Gasteiger partial charge in [0.05, 0.1) is 29.1 Å². The van der Waals surface area contributed by atoms with Gasteiger partial charge >= 0.3 is 6.03 Å². The molecule has 0 unspecified atom stereocenters. The third-order valence-corrected chi connectivity index (χ3v) is 7.40. The standard InChI is InChI=1S/C31H28N8O5/c1-37-18-21(20-8-4-6-10-26(20)37)22-11-13-32-30(34-22)35-24-15-27(39(42)43)23(16-28(24)44-2)33-17-19-7-3-5-9-25(19)38-14-12-29(40)36-31(38)41/h3-11,13,15-16,18,33H,12,14,17H2,1-2H3,(H,32,34,35)(H,36,40,41). The molecule has 5 aromatic rings. The minimum Gasteiger partial charge on any atom is -0.494 e. The molecule has 2 aromatic heterocycles. The van der Waals surface area contributed by atoms with E-state index < -0.39 is 11.0 Å². The summed E-state index contributed by atoms with van der Waals surface area (Å²) < 4.78 is 7.61. The van der Waals surface area contributed by atoms with Crippen LogP contribution in [0.4, 0.5) is 33.5 Å². The van der Waals surface area contributed by atoms with E-state index in [1.165, 1.54) is 24.1 Å². The number of para-hydroxylation sites is 2. The highest BCUT2D eigenvalue weighted by molar-refractivity contribution is 6.06. The summed E-state index contributed by atoms with van der Waals surface area (Å²) in [4.78, 5) is 46.2. The number of urea groups is 1. The van der Waals surface area contributed by atoms with Gasteiger partial charge in [0.1, 0.15) is 11.4 Å². The molecule has 3 heterocycles. The molecular weight excluding hydrogens is 564 g/mol. The Morgan fingerprint density at radius 1 is 1.07 bits per heavy atom. The number of aromatic nitrogens is 3. The number of benzene rings is 3. The van der Waals surface area contributed by atoms with Crippen LogP contribution in [0.2, 0.25) is 0 Å². The highest BCUT2D eigenvalue weighted by Crippen LogP contribution is 2.38. The van der Waals surface area contributed by atoms with Crippen LogP contribution in [0.15, 0.2) is 79.1 Å².